The number of hydrogen-bond acceptors (Lipinski definition) is 4. The molecule has 1 unspecified atom stereocenters. The van der Waals surface area contributed by atoms with E-state index in [9.17, 15) is 4.79 Å². The fraction of sp³-hybridized carbons (Fsp3) is 0.417. The third kappa shape index (κ3) is 3.65. The molecule has 96 valence electrons. The van der Waals surface area contributed by atoms with Crippen LogP contribution < -0.4 is 14.2 Å². The zero-order chi connectivity index (χ0) is 12.8. The van der Waals surface area contributed by atoms with Crippen LogP contribution in [0.5, 0.6) is 17.2 Å². The second-order valence-electron chi connectivity index (χ2n) is 3.24. The van der Waals surface area contributed by atoms with E-state index in [1.807, 2.05) is 6.92 Å². The van der Waals surface area contributed by atoms with Crippen molar-refractivity contribution < 1.29 is 19.0 Å². The Bertz CT molecular complexity index is 409. The molecule has 4 nitrogen and oxygen atoms in total. The minimum absolute atomic E-state index is 0. The van der Waals surface area contributed by atoms with Crippen molar-refractivity contribution >= 4 is 33.0 Å². The van der Waals surface area contributed by atoms with Crippen LogP contribution in [-0.2, 0) is 0 Å². The van der Waals surface area contributed by atoms with E-state index in [1.165, 1.54) is 14.2 Å². The first-order chi connectivity index (χ1) is 8.19. The van der Waals surface area contributed by atoms with Crippen LogP contribution in [0.25, 0.3) is 0 Å². The van der Waals surface area contributed by atoms with Gasteiger partial charge in [-0.1, -0.05) is 6.92 Å². The summed E-state index contributed by atoms with van der Waals surface area (Å²) in [4.78, 5) is 12.1. The van der Waals surface area contributed by atoms with Crippen molar-refractivity contribution in [2.75, 3.05) is 27.5 Å². The van der Waals surface area contributed by atoms with E-state index in [-0.39, 0.29) is 33.0 Å². The molecular weight excluding hydrogens is 246 g/mol. The van der Waals surface area contributed by atoms with E-state index in [1.54, 1.807) is 19.2 Å². The Hall–Kier alpha value is -0.683. The van der Waals surface area contributed by atoms with Crippen molar-refractivity contribution in [3.8, 4) is 17.2 Å². The summed E-state index contributed by atoms with van der Waals surface area (Å²) < 4.78 is 15.6. The molecule has 0 aliphatic rings. The van der Waals surface area contributed by atoms with E-state index < -0.39 is 0 Å². The standard InChI is InChI=1S/C12H17O4P.Li.H/c1-5-17-12(13)10-8(14-2)6-7-9(15-3)11(10)16-4;;/h6-7,17H,5H2,1-4H3;;. The molecule has 0 saturated heterocycles. The first-order valence-corrected chi connectivity index (χ1v) is 6.47. The minimum atomic E-state index is 0. The SMILES string of the molecule is CCPC(=O)c1c(OC)ccc(OC)c1OC.[LiH]. The molecule has 0 N–H and O–H groups in total. The zero-order valence-electron chi connectivity index (χ0n) is 10.5. The molecule has 1 atom stereocenters. The van der Waals surface area contributed by atoms with Gasteiger partial charge in [0.2, 0.25) is 0 Å². The molecule has 0 aliphatic heterocycles. The van der Waals surface area contributed by atoms with Gasteiger partial charge in [-0.15, -0.1) is 0 Å². The van der Waals surface area contributed by atoms with Crippen LogP contribution in [0.2, 0.25) is 0 Å². The van der Waals surface area contributed by atoms with Gasteiger partial charge < -0.3 is 14.2 Å². The summed E-state index contributed by atoms with van der Waals surface area (Å²) in [5.41, 5.74) is 0.495. The van der Waals surface area contributed by atoms with Crippen LogP contribution in [-0.4, -0.2) is 51.9 Å². The van der Waals surface area contributed by atoms with Crippen LogP contribution in [0.15, 0.2) is 12.1 Å². The predicted molar refractivity (Wildman–Crippen MR) is 76.4 cm³/mol. The number of benzene rings is 1. The molecule has 0 amide bonds. The van der Waals surface area contributed by atoms with Gasteiger partial charge in [0.05, 0.1) is 21.3 Å². The first-order valence-electron chi connectivity index (χ1n) is 5.26. The summed E-state index contributed by atoms with van der Waals surface area (Å²) in [6.45, 7) is 1.97. The summed E-state index contributed by atoms with van der Waals surface area (Å²) in [5.74, 6) is 1.50. The Morgan fingerprint density at radius 1 is 1.11 bits per heavy atom. The van der Waals surface area contributed by atoms with Crippen LogP contribution in [0, 0.1) is 0 Å². The fourth-order valence-electron chi connectivity index (χ4n) is 1.54. The summed E-state index contributed by atoms with van der Waals surface area (Å²) in [5, 5.41) is 0. The third-order valence-electron chi connectivity index (χ3n) is 2.29. The topological polar surface area (TPSA) is 44.8 Å². The van der Waals surface area contributed by atoms with E-state index >= 15 is 0 Å². The van der Waals surface area contributed by atoms with Gasteiger partial charge in [0.15, 0.2) is 17.0 Å². The van der Waals surface area contributed by atoms with Crippen molar-refractivity contribution in [1.82, 2.24) is 0 Å². The van der Waals surface area contributed by atoms with Crippen LogP contribution in [0.3, 0.4) is 0 Å². The molecule has 1 rings (SSSR count). The van der Waals surface area contributed by atoms with Gasteiger partial charge in [-0.25, -0.2) is 0 Å². The van der Waals surface area contributed by atoms with Crippen LogP contribution in [0.1, 0.15) is 17.3 Å². The molecule has 0 aromatic heterocycles. The van der Waals surface area contributed by atoms with Crippen molar-refractivity contribution in [2.45, 2.75) is 6.92 Å². The Labute approximate surface area is 121 Å². The van der Waals surface area contributed by atoms with E-state index in [2.05, 4.69) is 0 Å². The molecule has 1 aromatic rings. The Morgan fingerprint density at radius 3 is 2.11 bits per heavy atom. The van der Waals surface area contributed by atoms with Gasteiger partial charge >= 0.3 is 18.9 Å². The fourth-order valence-corrected chi connectivity index (χ4v) is 2.28. The van der Waals surface area contributed by atoms with E-state index in [0.29, 0.717) is 22.8 Å². The maximum absolute atomic E-state index is 12.1. The monoisotopic (exact) mass is 264 g/mol. The van der Waals surface area contributed by atoms with Crippen molar-refractivity contribution in [3.05, 3.63) is 17.7 Å². The molecule has 6 heteroatoms. The van der Waals surface area contributed by atoms with Crippen LogP contribution >= 0.6 is 8.58 Å². The summed E-state index contributed by atoms with van der Waals surface area (Å²) >= 11 is 0. The zero-order valence-corrected chi connectivity index (χ0v) is 11.5. The van der Waals surface area contributed by atoms with Gasteiger partial charge in [0, 0.05) is 0 Å². The Kier molecular flexibility index (Phi) is 8.11. The van der Waals surface area contributed by atoms with Gasteiger partial charge in [-0.2, -0.15) is 0 Å². The number of rotatable bonds is 6. The number of methoxy groups -OCH3 is 3. The van der Waals surface area contributed by atoms with Crippen molar-refractivity contribution in [3.63, 3.8) is 0 Å². The molecule has 1 aromatic carbocycles. The predicted octanol–water partition coefficient (Wildman–Crippen LogP) is 1.90. The third-order valence-corrected chi connectivity index (χ3v) is 3.22. The Balaban J connectivity index is 0.00000289. The molecule has 0 spiro atoms. The quantitative estimate of drug-likeness (QED) is 0.581. The number of ether oxygens (including phenoxy) is 3. The number of carbonyl (C=O) groups excluding carboxylic acids is 1. The molecule has 0 bridgehead atoms. The summed E-state index contributed by atoms with van der Waals surface area (Å²) in [7, 11) is 4.80. The van der Waals surface area contributed by atoms with Crippen molar-refractivity contribution in [1.29, 1.82) is 0 Å². The normalized spacial score (nSPS) is 10.0. The molecule has 0 saturated carbocycles. The van der Waals surface area contributed by atoms with E-state index in [4.69, 9.17) is 14.2 Å². The average molecular weight is 264 g/mol. The van der Waals surface area contributed by atoms with Gasteiger partial charge in [0.1, 0.15) is 11.3 Å². The van der Waals surface area contributed by atoms with Crippen LogP contribution in [0.4, 0.5) is 0 Å². The Morgan fingerprint density at radius 2 is 1.67 bits per heavy atom. The first kappa shape index (κ1) is 17.3. The number of carbonyl (C=O) groups is 1. The summed E-state index contributed by atoms with van der Waals surface area (Å²) in [6, 6.07) is 3.44. The van der Waals surface area contributed by atoms with Gasteiger partial charge in [-0.3, -0.25) is 4.79 Å². The van der Waals surface area contributed by atoms with Gasteiger partial charge in [0.25, 0.3) is 0 Å². The summed E-state index contributed by atoms with van der Waals surface area (Å²) in [6.07, 6.45) is 0.808. The maximum atomic E-state index is 12.1. The second kappa shape index (κ2) is 8.42. The van der Waals surface area contributed by atoms with Crippen molar-refractivity contribution in [2.24, 2.45) is 0 Å². The molecular formula is C12H18LiO4P. The van der Waals surface area contributed by atoms with Gasteiger partial charge in [-0.05, 0) is 26.9 Å². The van der Waals surface area contributed by atoms with E-state index in [0.717, 1.165) is 6.16 Å². The molecule has 0 heterocycles. The molecule has 0 fully saturated rings. The number of hydrogen-bond donors (Lipinski definition) is 0. The molecule has 0 radical (unpaired) electrons. The average Bonchev–Trinajstić information content (AvgIpc) is 2.36. The second-order valence-corrected chi connectivity index (χ2v) is 4.75. The molecule has 18 heavy (non-hydrogen) atoms. The molecule has 0 aliphatic carbocycles.